The molecule has 0 aliphatic carbocycles. The fraction of sp³-hybridized carbons (Fsp3) is 0.286. The van der Waals surface area contributed by atoms with Crippen LogP contribution in [0.4, 0.5) is 4.79 Å². The Kier molecular flexibility index (Phi) is 5.78. The molecule has 2 rings (SSSR count). The zero-order valence-corrected chi connectivity index (χ0v) is 14.8. The summed E-state index contributed by atoms with van der Waals surface area (Å²) in [6.07, 6.45) is 0. The van der Waals surface area contributed by atoms with Crippen LogP contribution in [0.1, 0.15) is 13.8 Å². The lowest BCUT2D eigenvalue weighted by Crippen LogP contribution is -2.42. The SMILES string of the molecule is CC(C)[C@H](Sc1nnc(-c2ccc(Br)cc2)o1)C(=O)NC(N)=O. The number of benzene rings is 1. The van der Waals surface area contributed by atoms with Gasteiger partial charge in [-0.3, -0.25) is 10.1 Å². The van der Waals surface area contributed by atoms with Crippen LogP contribution in [-0.2, 0) is 4.79 Å². The Morgan fingerprint density at radius 2 is 1.91 bits per heavy atom. The van der Waals surface area contributed by atoms with Crippen molar-refractivity contribution in [3.63, 3.8) is 0 Å². The van der Waals surface area contributed by atoms with Gasteiger partial charge in [-0.15, -0.1) is 10.2 Å². The number of primary amides is 1. The minimum Gasteiger partial charge on any atom is -0.411 e. The van der Waals surface area contributed by atoms with Crippen molar-refractivity contribution in [3.8, 4) is 11.5 Å². The van der Waals surface area contributed by atoms with Gasteiger partial charge in [0.1, 0.15) is 0 Å². The van der Waals surface area contributed by atoms with Gasteiger partial charge in [-0.1, -0.05) is 41.5 Å². The first-order valence-corrected chi connectivity index (χ1v) is 8.40. The molecule has 1 aromatic carbocycles. The molecule has 0 unspecified atom stereocenters. The summed E-state index contributed by atoms with van der Waals surface area (Å²) in [6, 6.07) is 6.52. The summed E-state index contributed by atoms with van der Waals surface area (Å²) in [7, 11) is 0. The van der Waals surface area contributed by atoms with E-state index in [0.717, 1.165) is 21.8 Å². The number of carbonyl (C=O) groups excluding carboxylic acids is 2. The fourth-order valence-electron chi connectivity index (χ4n) is 1.76. The molecule has 23 heavy (non-hydrogen) atoms. The van der Waals surface area contributed by atoms with Gasteiger partial charge in [-0.2, -0.15) is 0 Å². The number of amides is 3. The lowest BCUT2D eigenvalue weighted by Gasteiger charge is -2.16. The number of nitrogens with one attached hydrogen (secondary N) is 1. The molecule has 122 valence electrons. The van der Waals surface area contributed by atoms with Crippen molar-refractivity contribution in [2.24, 2.45) is 11.7 Å². The van der Waals surface area contributed by atoms with Gasteiger partial charge in [-0.25, -0.2) is 4.79 Å². The lowest BCUT2D eigenvalue weighted by atomic mass is 10.1. The molecular formula is C14H15BrN4O3S. The Balaban J connectivity index is 2.14. The summed E-state index contributed by atoms with van der Waals surface area (Å²) < 4.78 is 6.52. The number of nitrogens with zero attached hydrogens (tertiary/aromatic N) is 2. The van der Waals surface area contributed by atoms with E-state index in [1.807, 2.05) is 38.1 Å². The molecule has 0 aliphatic rings. The van der Waals surface area contributed by atoms with E-state index in [1.54, 1.807) is 0 Å². The number of urea groups is 1. The molecule has 0 radical (unpaired) electrons. The number of carbonyl (C=O) groups is 2. The highest BCUT2D eigenvalue weighted by molar-refractivity contribution is 9.10. The van der Waals surface area contributed by atoms with Crippen molar-refractivity contribution in [1.29, 1.82) is 0 Å². The van der Waals surface area contributed by atoms with Crippen LogP contribution >= 0.6 is 27.7 Å². The molecule has 0 aliphatic heterocycles. The van der Waals surface area contributed by atoms with Crippen molar-refractivity contribution in [2.75, 3.05) is 0 Å². The Hall–Kier alpha value is -1.87. The highest BCUT2D eigenvalue weighted by atomic mass is 79.9. The van der Waals surface area contributed by atoms with E-state index >= 15 is 0 Å². The molecule has 7 nitrogen and oxygen atoms in total. The average Bonchev–Trinajstić information content (AvgIpc) is 2.93. The molecule has 2 aromatic rings. The third kappa shape index (κ3) is 4.80. The number of halogens is 1. The normalized spacial score (nSPS) is 12.2. The van der Waals surface area contributed by atoms with Crippen molar-refractivity contribution in [3.05, 3.63) is 28.7 Å². The van der Waals surface area contributed by atoms with Gasteiger partial charge in [0.2, 0.25) is 11.8 Å². The molecule has 1 heterocycles. The van der Waals surface area contributed by atoms with Gasteiger partial charge in [0.25, 0.3) is 5.22 Å². The smallest absolute Gasteiger partial charge is 0.318 e. The standard InChI is InChI=1S/C14H15BrN4O3S/c1-7(2)10(11(20)17-13(16)21)23-14-19-18-12(22-14)8-3-5-9(15)6-4-8/h3-7,10H,1-2H3,(H3,16,17,20,21)/t10-/m0/s1. The van der Waals surface area contributed by atoms with Crippen molar-refractivity contribution in [2.45, 2.75) is 24.3 Å². The van der Waals surface area contributed by atoms with Crippen molar-refractivity contribution < 1.29 is 14.0 Å². The van der Waals surface area contributed by atoms with E-state index in [9.17, 15) is 9.59 Å². The maximum Gasteiger partial charge on any atom is 0.318 e. The minimum atomic E-state index is -0.887. The van der Waals surface area contributed by atoms with Gasteiger partial charge in [0.15, 0.2) is 0 Å². The Morgan fingerprint density at radius 1 is 1.26 bits per heavy atom. The maximum absolute atomic E-state index is 12.0. The topological polar surface area (TPSA) is 111 Å². The molecular weight excluding hydrogens is 384 g/mol. The summed E-state index contributed by atoms with van der Waals surface area (Å²) in [6.45, 7) is 3.70. The van der Waals surface area contributed by atoms with Crippen LogP contribution in [-0.4, -0.2) is 27.4 Å². The van der Waals surface area contributed by atoms with E-state index in [-0.39, 0.29) is 11.1 Å². The van der Waals surface area contributed by atoms with Crippen LogP contribution in [0.5, 0.6) is 0 Å². The third-order valence-electron chi connectivity index (χ3n) is 2.84. The zero-order valence-electron chi connectivity index (χ0n) is 12.4. The number of rotatable bonds is 5. The first-order valence-electron chi connectivity index (χ1n) is 6.73. The quantitative estimate of drug-likeness (QED) is 0.748. The van der Waals surface area contributed by atoms with Gasteiger partial charge in [0.05, 0.1) is 5.25 Å². The molecule has 9 heteroatoms. The zero-order chi connectivity index (χ0) is 17.0. The Labute approximate surface area is 145 Å². The monoisotopic (exact) mass is 398 g/mol. The van der Waals surface area contributed by atoms with Crippen LogP contribution < -0.4 is 11.1 Å². The highest BCUT2D eigenvalue weighted by Gasteiger charge is 2.27. The summed E-state index contributed by atoms with van der Waals surface area (Å²) in [5, 5.41) is 9.67. The maximum atomic E-state index is 12.0. The molecule has 0 fully saturated rings. The molecule has 1 atom stereocenters. The summed E-state index contributed by atoms with van der Waals surface area (Å²) in [4.78, 5) is 22.8. The number of hydrogen-bond donors (Lipinski definition) is 2. The molecule has 3 amide bonds. The number of nitrogens with two attached hydrogens (primary N) is 1. The summed E-state index contributed by atoms with van der Waals surface area (Å²) in [5.74, 6) is -0.180. The van der Waals surface area contributed by atoms with Crippen molar-refractivity contribution in [1.82, 2.24) is 15.5 Å². The van der Waals surface area contributed by atoms with Crippen LogP contribution in [0.3, 0.4) is 0 Å². The summed E-state index contributed by atoms with van der Waals surface area (Å²) in [5.41, 5.74) is 5.75. The second-order valence-electron chi connectivity index (χ2n) is 5.02. The lowest BCUT2D eigenvalue weighted by molar-refractivity contribution is -0.120. The van der Waals surface area contributed by atoms with Gasteiger partial charge >= 0.3 is 6.03 Å². The molecule has 0 saturated carbocycles. The molecule has 0 spiro atoms. The number of hydrogen-bond acceptors (Lipinski definition) is 6. The van der Waals surface area contributed by atoms with E-state index in [2.05, 4.69) is 31.4 Å². The number of imide groups is 1. The van der Waals surface area contributed by atoms with E-state index < -0.39 is 17.2 Å². The first kappa shape index (κ1) is 17.5. The average molecular weight is 399 g/mol. The predicted octanol–water partition coefficient (Wildman–Crippen LogP) is 2.81. The highest BCUT2D eigenvalue weighted by Crippen LogP contribution is 2.30. The van der Waals surface area contributed by atoms with Crippen LogP contribution in [0, 0.1) is 5.92 Å². The van der Waals surface area contributed by atoms with Crippen LogP contribution in [0.15, 0.2) is 38.4 Å². The van der Waals surface area contributed by atoms with Gasteiger partial charge in [0, 0.05) is 10.0 Å². The van der Waals surface area contributed by atoms with E-state index in [1.165, 1.54) is 0 Å². The molecule has 0 saturated heterocycles. The van der Waals surface area contributed by atoms with Crippen molar-refractivity contribution >= 4 is 39.6 Å². The third-order valence-corrected chi connectivity index (χ3v) is 4.74. The second-order valence-corrected chi connectivity index (χ2v) is 7.02. The summed E-state index contributed by atoms with van der Waals surface area (Å²) >= 11 is 4.45. The van der Waals surface area contributed by atoms with Crippen LogP contribution in [0.2, 0.25) is 0 Å². The van der Waals surface area contributed by atoms with Gasteiger partial charge in [-0.05, 0) is 30.2 Å². The van der Waals surface area contributed by atoms with Crippen LogP contribution in [0.25, 0.3) is 11.5 Å². The first-order chi connectivity index (χ1) is 10.9. The van der Waals surface area contributed by atoms with E-state index in [4.69, 9.17) is 10.2 Å². The fourth-order valence-corrected chi connectivity index (χ4v) is 2.89. The van der Waals surface area contributed by atoms with E-state index in [0.29, 0.717) is 5.89 Å². The number of thioether (sulfide) groups is 1. The largest absolute Gasteiger partial charge is 0.411 e. The number of aromatic nitrogens is 2. The predicted molar refractivity (Wildman–Crippen MR) is 89.6 cm³/mol. The second kappa shape index (κ2) is 7.60. The van der Waals surface area contributed by atoms with Gasteiger partial charge < -0.3 is 10.2 Å². The Bertz CT molecular complexity index is 702. The molecule has 3 N–H and O–H groups in total. The molecule has 0 bridgehead atoms. The minimum absolute atomic E-state index is 0.0534. The Morgan fingerprint density at radius 3 is 2.48 bits per heavy atom. The molecule has 1 aromatic heterocycles.